The Morgan fingerprint density at radius 3 is 2.71 bits per heavy atom. The molecule has 0 aliphatic rings. The van der Waals surface area contributed by atoms with Crippen molar-refractivity contribution in [3.63, 3.8) is 0 Å². The third-order valence-electron chi connectivity index (χ3n) is 2.29. The number of hydrogen-bond acceptors (Lipinski definition) is 2. The number of rotatable bonds is 7. The molecule has 1 rings (SSSR count). The Bertz CT molecular complexity index is 366. The van der Waals surface area contributed by atoms with E-state index in [1.165, 1.54) is 11.6 Å². The molecule has 0 atom stereocenters. The molecule has 0 aliphatic heterocycles. The van der Waals surface area contributed by atoms with Crippen molar-refractivity contribution in [3.8, 4) is 0 Å². The summed E-state index contributed by atoms with van der Waals surface area (Å²) in [6, 6.07) is 10.2. The molecular formula is C15H18O2. The molecule has 90 valence electrons. The van der Waals surface area contributed by atoms with E-state index in [2.05, 4.69) is 30.9 Å². The van der Waals surface area contributed by atoms with Crippen LogP contribution in [0.1, 0.15) is 24.8 Å². The van der Waals surface area contributed by atoms with Gasteiger partial charge in [0.2, 0.25) is 0 Å². The first-order valence-electron chi connectivity index (χ1n) is 5.83. The highest BCUT2D eigenvalue weighted by molar-refractivity contribution is 5.81. The highest BCUT2D eigenvalue weighted by atomic mass is 16.5. The molecule has 2 heteroatoms. The van der Waals surface area contributed by atoms with Crippen molar-refractivity contribution in [2.45, 2.75) is 19.3 Å². The second-order valence-electron chi connectivity index (χ2n) is 3.68. The van der Waals surface area contributed by atoms with E-state index in [0.29, 0.717) is 6.61 Å². The molecule has 1 aromatic carbocycles. The van der Waals surface area contributed by atoms with Gasteiger partial charge in [0.25, 0.3) is 0 Å². The molecule has 0 spiro atoms. The number of esters is 1. The summed E-state index contributed by atoms with van der Waals surface area (Å²) in [5.74, 6) is -0.343. The van der Waals surface area contributed by atoms with Gasteiger partial charge in [0.15, 0.2) is 0 Å². The largest absolute Gasteiger partial charge is 0.463 e. The standard InChI is InChI=1S/C15H18O2/c1-2-15(16)17-13-9-4-3-6-10-14-11-7-5-8-12-14/h2,5-8,10-12H,1,3-4,9,13H2. The Morgan fingerprint density at radius 2 is 2.00 bits per heavy atom. The van der Waals surface area contributed by atoms with E-state index in [1.807, 2.05) is 18.2 Å². The van der Waals surface area contributed by atoms with Crippen LogP contribution in [0.25, 0.3) is 6.08 Å². The van der Waals surface area contributed by atoms with Gasteiger partial charge >= 0.3 is 5.97 Å². The van der Waals surface area contributed by atoms with Crippen LogP contribution in [-0.2, 0) is 9.53 Å². The van der Waals surface area contributed by atoms with Gasteiger partial charge in [-0.15, -0.1) is 0 Å². The Kier molecular flexibility index (Phi) is 6.49. The summed E-state index contributed by atoms with van der Waals surface area (Å²) in [7, 11) is 0. The van der Waals surface area contributed by atoms with Gasteiger partial charge in [0, 0.05) is 6.08 Å². The molecule has 0 radical (unpaired) electrons. The second kappa shape index (κ2) is 8.34. The lowest BCUT2D eigenvalue weighted by Gasteiger charge is -1.99. The molecule has 0 fully saturated rings. The second-order valence-corrected chi connectivity index (χ2v) is 3.68. The van der Waals surface area contributed by atoms with Gasteiger partial charge in [-0.05, 0) is 24.8 Å². The predicted molar refractivity (Wildman–Crippen MR) is 70.5 cm³/mol. The van der Waals surface area contributed by atoms with Gasteiger partial charge in [0.1, 0.15) is 0 Å². The fourth-order valence-corrected chi connectivity index (χ4v) is 1.38. The van der Waals surface area contributed by atoms with Crippen LogP contribution in [0.15, 0.2) is 49.1 Å². The molecule has 0 saturated heterocycles. The average molecular weight is 230 g/mol. The molecule has 0 unspecified atom stereocenters. The predicted octanol–water partition coefficient (Wildman–Crippen LogP) is 3.60. The fraction of sp³-hybridized carbons (Fsp3) is 0.267. The Morgan fingerprint density at radius 1 is 1.24 bits per heavy atom. The zero-order chi connectivity index (χ0) is 12.3. The highest BCUT2D eigenvalue weighted by Crippen LogP contribution is 2.04. The minimum absolute atomic E-state index is 0.343. The first-order chi connectivity index (χ1) is 8.33. The summed E-state index contributed by atoms with van der Waals surface area (Å²) >= 11 is 0. The van der Waals surface area contributed by atoms with Crippen LogP contribution >= 0.6 is 0 Å². The van der Waals surface area contributed by atoms with Crippen LogP contribution in [0.3, 0.4) is 0 Å². The molecular weight excluding hydrogens is 212 g/mol. The molecule has 0 bridgehead atoms. The molecule has 0 N–H and O–H groups in total. The summed E-state index contributed by atoms with van der Waals surface area (Å²) < 4.78 is 4.87. The molecule has 0 aromatic heterocycles. The number of carbonyl (C=O) groups excluding carboxylic acids is 1. The van der Waals surface area contributed by atoms with Crippen LogP contribution in [0.5, 0.6) is 0 Å². The van der Waals surface area contributed by atoms with Crippen LogP contribution in [-0.4, -0.2) is 12.6 Å². The number of hydrogen-bond donors (Lipinski definition) is 0. The van der Waals surface area contributed by atoms with Gasteiger partial charge < -0.3 is 4.74 Å². The van der Waals surface area contributed by atoms with Crippen molar-refractivity contribution in [3.05, 3.63) is 54.6 Å². The molecule has 2 nitrogen and oxygen atoms in total. The van der Waals surface area contributed by atoms with Crippen LogP contribution in [0.2, 0.25) is 0 Å². The van der Waals surface area contributed by atoms with Crippen molar-refractivity contribution in [2.24, 2.45) is 0 Å². The van der Waals surface area contributed by atoms with E-state index in [1.54, 1.807) is 0 Å². The number of ether oxygens (including phenoxy) is 1. The smallest absolute Gasteiger partial charge is 0.330 e. The summed E-state index contributed by atoms with van der Waals surface area (Å²) in [5.41, 5.74) is 1.21. The third-order valence-corrected chi connectivity index (χ3v) is 2.29. The first kappa shape index (κ1) is 13.2. The van der Waals surface area contributed by atoms with Gasteiger partial charge in [-0.1, -0.05) is 49.1 Å². The van der Waals surface area contributed by atoms with E-state index >= 15 is 0 Å². The van der Waals surface area contributed by atoms with E-state index in [4.69, 9.17) is 4.74 Å². The lowest BCUT2D eigenvalue weighted by atomic mass is 10.2. The minimum Gasteiger partial charge on any atom is -0.463 e. The number of allylic oxidation sites excluding steroid dienone is 1. The summed E-state index contributed by atoms with van der Waals surface area (Å²) in [5, 5.41) is 0. The number of carbonyl (C=O) groups is 1. The molecule has 0 heterocycles. The van der Waals surface area contributed by atoms with Crippen LogP contribution < -0.4 is 0 Å². The van der Waals surface area contributed by atoms with Crippen molar-refractivity contribution in [1.82, 2.24) is 0 Å². The van der Waals surface area contributed by atoms with Gasteiger partial charge in [0.05, 0.1) is 6.61 Å². The molecule has 0 amide bonds. The van der Waals surface area contributed by atoms with E-state index in [0.717, 1.165) is 19.3 Å². The fourth-order valence-electron chi connectivity index (χ4n) is 1.38. The average Bonchev–Trinajstić information content (AvgIpc) is 2.38. The van der Waals surface area contributed by atoms with Gasteiger partial charge in [-0.3, -0.25) is 0 Å². The van der Waals surface area contributed by atoms with E-state index in [-0.39, 0.29) is 5.97 Å². The van der Waals surface area contributed by atoms with Crippen LogP contribution in [0.4, 0.5) is 0 Å². The van der Waals surface area contributed by atoms with Crippen molar-refractivity contribution < 1.29 is 9.53 Å². The Labute approximate surface area is 103 Å². The summed E-state index contributed by atoms with van der Waals surface area (Å²) in [6.07, 6.45) is 8.35. The monoisotopic (exact) mass is 230 g/mol. The maximum absolute atomic E-state index is 10.7. The number of benzene rings is 1. The summed E-state index contributed by atoms with van der Waals surface area (Å²) in [4.78, 5) is 10.7. The minimum atomic E-state index is -0.343. The molecule has 0 aliphatic carbocycles. The highest BCUT2D eigenvalue weighted by Gasteiger charge is 1.93. The van der Waals surface area contributed by atoms with E-state index in [9.17, 15) is 4.79 Å². The lowest BCUT2D eigenvalue weighted by Crippen LogP contribution is -2.01. The first-order valence-corrected chi connectivity index (χ1v) is 5.83. The van der Waals surface area contributed by atoms with Gasteiger partial charge in [-0.25, -0.2) is 4.79 Å². The van der Waals surface area contributed by atoms with Crippen molar-refractivity contribution in [2.75, 3.05) is 6.61 Å². The maximum atomic E-state index is 10.7. The topological polar surface area (TPSA) is 26.3 Å². The van der Waals surface area contributed by atoms with E-state index < -0.39 is 0 Å². The zero-order valence-corrected chi connectivity index (χ0v) is 9.97. The third kappa shape index (κ3) is 6.36. The maximum Gasteiger partial charge on any atom is 0.330 e. The molecule has 1 aromatic rings. The SMILES string of the molecule is C=CC(=O)OCCCCC=Cc1ccccc1. The normalized spacial score (nSPS) is 10.4. The summed E-state index contributed by atoms with van der Waals surface area (Å²) in [6.45, 7) is 3.81. The Hall–Kier alpha value is -1.83. The number of unbranched alkanes of at least 4 members (excludes halogenated alkanes) is 2. The van der Waals surface area contributed by atoms with Gasteiger partial charge in [-0.2, -0.15) is 0 Å². The van der Waals surface area contributed by atoms with Crippen LogP contribution in [0, 0.1) is 0 Å². The quantitative estimate of drug-likeness (QED) is 0.406. The Balaban J connectivity index is 2.06. The zero-order valence-electron chi connectivity index (χ0n) is 9.97. The van der Waals surface area contributed by atoms with Crippen molar-refractivity contribution >= 4 is 12.0 Å². The van der Waals surface area contributed by atoms with Crippen molar-refractivity contribution in [1.29, 1.82) is 0 Å². The molecule has 17 heavy (non-hydrogen) atoms. The molecule has 0 saturated carbocycles. The lowest BCUT2D eigenvalue weighted by molar-refractivity contribution is -0.137.